The van der Waals surface area contributed by atoms with Crippen LogP contribution in [0.4, 0.5) is 0 Å². The van der Waals surface area contributed by atoms with Gasteiger partial charge < -0.3 is 20.1 Å². The van der Waals surface area contributed by atoms with Gasteiger partial charge in [-0.1, -0.05) is 6.07 Å². The van der Waals surface area contributed by atoms with E-state index in [9.17, 15) is 14.4 Å². The standard InChI is InChI=1S/C13H14N4O4/c1-8-3-2-4-10-16-9(7-17(8)10)13(21)15-5-11(18)14-6-12(19)20/h2-4,7H,5-6H2,1H3,(H,14,18)(H,15,21)(H,19,20). The van der Waals surface area contributed by atoms with Crippen LogP contribution in [0.15, 0.2) is 24.4 Å². The summed E-state index contributed by atoms with van der Waals surface area (Å²) >= 11 is 0. The van der Waals surface area contributed by atoms with E-state index in [1.165, 1.54) is 0 Å². The van der Waals surface area contributed by atoms with Crippen LogP contribution in [0.2, 0.25) is 0 Å². The Hall–Kier alpha value is -2.90. The van der Waals surface area contributed by atoms with Crippen molar-refractivity contribution in [3.63, 3.8) is 0 Å². The maximum atomic E-state index is 11.9. The number of hydrogen-bond acceptors (Lipinski definition) is 4. The lowest BCUT2D eigenvalue weighted by Gasteiger charge is -2.03. The highest BCUT2D eigenvalue weighted by Gasteiger charge is 2.12. The molecule has 0 aliphatic carbocycles. The molecule has 0 aliphatic rings. The summed E-state index contributed by atoms with van der Waals surface area (Å²) in [5.74, 6) is -2.22. The number of rotatable bonds is 5. The fourth-order valence-electron chi connectivity index (χ4n) is 1.75. The number of aromatic nitrogens is 2. The Morgan fingerprint density at radius 3 is 2.67 bits per heavy atom. The molecule has 0 saturated carbocycles. The van der Waals surface area contributed by atoms with Crippen LogP contribution >= 0.6 is 0 Å². The van der Waals surface area contributed by atoms with Crippen molar-refractivity contribution in [1.82, 2.24) is 20.0 Å². The zero-order valence-electron chi connectivity index (χ0n) is 11.3. The Labute approximate surface area is 119 Å². The lowest BCUT2D eigenvalue weighted by molar-refractivity contribution is -0.137. The molecule has 8 heteroatoms. The maximum Gasteiger partial charge on any atom is 0.322 e. The highest BCUT2D eigenvalue weighted by molar-refractivity contribution is 5.95. The van der Waals surface area contributed by atoms with Crippen LogP contribution in [-0.4, -0.2) is 45.4 Å². The number of aliphatic carboxylic acids is 1. The predicted octanol–water partition coefficient (Wildman–Crippen LogP) is -0.427. The summed E-state index contributed by atoms with van der Waals surface area (Å²) < 4.78 is 1.76. The van der Waals surface area contributed by atoms with Gasteiger partial charge in [-0.3, -0.25) is 14.4 Å². The number of carbonyl (C=O) groups is 3. The summed E-state index contributed by atoms with van der Waals surface area (Å²) in [6.07, 6.45) is 1.58. The first-order chi connectivity index (χ1) is 9.97. The average molecular weight is 290 g/mol. The second-order valence-corrected chi connectivity index (χ2v) is 4.37. The van der Waals surface area contributed by atoms with Gasteiger partial charge in [0.05, 0.1) is 6.54 Å². The molecule has 3 N–H and O–H groups in total. The first kappa shape index (κ1) is 14.5. The zero-order valence-corrected chi connectivity index (χ0v) is 11.3. The molecule has 2 aromatic heterocycles. The van der Waals surface area contributed by atoms with Gasteiger partial charge in [-0.25, -0.2) is 4.98 Å². The largest absolute Gasteiger partial charge is 0.480 e. The lowest BCUT2D eigenvalue weighted by atomic mass is 10.4. The molecule has 21 heavy (non-hydrogen) atoms. The Morgan fingerprint density at radius 1 is 1.24 bits per heavy atom. The number of aryl methyl sites for hydroxylation is 1. The minimum atomic E-state index is -1.15. The third-order valence-electron chi connectivity index (χ3n) is 2.77. The van der Waals surface area contributed by atoms with Crippen LogP contribution in [0.5, 0.6) is 0 Å². The number of carbonyl (C=O) groups excluding carboxylic acids is 2. The van der Waals surface area contributed by atoms with Crippen molar-refractivity contribution < 1.29 is 19.5 Å². The van der Waals surface area contributed by atoms with Crippen LogP contribution in [0.3, 0.4) is 0 Å². The summed E-state index contributed by atoms with van der Waals surface area (Å²) in [6.45, 7) is 1.09. The van der Waals surface area contributed by atoms with Gasteiger partial charge >= 0.3 is 5.97 Å². The van der Waals surface area contributed by atoms with E-state index in [1.54, 1.807) is 16.7 Å². The molecule has 0 radical (unpaired) electrons. The van der Waals surface area contributed by atoms with Crippen molar-refractivity contribution in [2.24, 2.45) is 0 Å². The van der Waals surface area contributed by atoms with Crippen molar-refractivity contribution in [1.29, 1.82) is 0 Å². The monoisotopic (exact) mass is 290 g/mol. The fourth-order valence-corrected chi connectivity index (χ4v) is 1.75. The number of pyridine rings is 1. The van der Waals surface area contributed by atoms with E-state index in [0.29, 0.717) is 5.65 Å². The predicted molar refractivity (Wildman–Crippen MR) is 72.9 cm³/mol. The number of fused-ring (bicyclic) bond motifs is 1. The molecule has 0 aromatic carbocycles. The van der Waals surface area contributed by atoms with Crippen molar-refractivity contribution in [2.75, 3.05) is 13.1 Å². The third-order valence-corrected chi connectivity index (χ3v) is 2.77. The van der Waals surface area contributed by atoms with Crippen molar-refractivity contribution in [2.45, 2.75) is 6.92 Å². The summed E-state index contributed by atoms with van der Waals surface area (Å²) in [7, 11) is 0. The van der Waals surface area contributed by atoms with Crippen LogP contribution in [0.25, 0.3) is 5.65 Å². The van der Waals surface area contributed by atoms with Gasteiger partial charge in [0.2, 0.25) is 5.91 Å². The zero-order chi connectivity index (χ0) is 15.4. The summed E-state index contributed by atoms with van der Waals surface area (Å²) in [5, 5.41) is 12.9. The highest BCUT2D eigenvalue weighted by Crippen LogP contribution is 2.08. The molecule has 0 fully saturated rings. The van der Waals surface area contributed by atoms with E-state index >= 15 is 0 Å². The quantitative estimate of drug-likeness (QED) is 0.692. The number of amides is 2. The first-order valence-electron chi connectivity index (χ1n) is 6.19. The Bertz CT molecular complexity index is 707. The normalized spacial score (nSPS) is 10.3. The summed E-state index contributed by atoms with van der Waals surface area (Å²) in [4.78, 5) is 37.6. The molecule has 0 bridgehead atoms. The maximum absolute atomic E-state index is 11.9. The number of hydrogen-bond donors (Lipinski definition) is 3. The highest BCUT2D eigenvalue weighted by atomic mass is 16.4. The minimum Gasteiger partial charge on any atom is -0.480 e. The second-order valence-electron chi connectivity index (χ2n) is 4.37. The molecule has 2 aromatic rings. The molecule has 0 saturated heterocycles. The first-order valence-corrected chi connectivity index (χ1v) is 6.19. The van der Waals surface area contributed by atoms with Crippen LogP contribution in [0.1, 0.15) is 16.2 Å². The van der Waals surface area contributed by atoms with E-state index in [-0.39, 0.29) is 12.2 Å². The van der Waals surface area contributed by atoms with Gasteiger partial charge in [0.15, 0.2) is 0 Å². The lowest BCUT2D eigenvalue weighted by Crippen LogP contribution is -2.39. The van der Waals surface area contributed by atoms with Crippen molar-refractivity contribution in [3.8, 4) is 0 Å². The van der Waals surface area contributed by atoms with Gasteiger partial charge in [0.1, 0.15) is 17.9 Å². The number of carboxylic acids is 1. The van der Waals surface area contributed by atoms with Gasteiger partial charge in [0, 0.05) is 11.9 Å². The summed E-state index contributed by atoms with van der Waals surface area (Å²) in [5.41, 5.74) is 1.75. The molecule has 0 unspecified atom stereocenters. The topological polar surface area (TPSA) is 113 Å². The van der Waals surface area contributed by atoms with Crippen LogP contribution in [-0.2, 0) is 9.59 Å². The van der Waals surface area contributed by atoms with Crippen molar-refractivity contribution >= 4 is 23.4 Å². The Kier molecular flexibility index (Phi) is 4.17. The molecule has 0 atom stereocenters. The average Bonchev–Trinajstić information content (AvgIpc) is 2.88. The molecule has 0 spiro atoms. The number of imidazole rings is 1. The number of carboxylic acid groups (broad SMARTS) is 1. The van der Waals surface area contributed by atoms with Crippen LogP contribution < -0.4 is 10.6 Å². The van der Waals surface area contributed by atoms with Crippen LogP contribution in [0, 0.1) is 6.92 Å². The molecule has 2 rings (SSSR count). The molecule has 0 aliphatic heterocycles. The van der Waals surface area contributed by atoms with E-state index in [0.717, 1.165) is 5.69 Å². The smallest absolute Gasteiger partial charge is 0.322 e. The summed E-state index contributed by atoms with van der Waals surface area (Å²) in [6, 6.07) is 5.48. The van der Waals surface area contributed by atoms with E-state index < -0.39 is 24.3 Å². The fraction of sp³-hybridized carbons (Fsp3) is 0.231. The number of nitrogens with zero attached hydrogens (tertiary/aromatic N) is 2. The van der Waals surface area contributed by atoms with Gasteiger partial charge in [-0.05, 0) is 19.1 Å². The van der Waals surface area contributed by atoms with E-state index in [1.807, 2.05) is 19.1 Å². The van der Waals surface area contributed by atoms with Gasteiger partial charge in [0.25, 0.3) is 5.91 Å². The van der Waals surface area contributed by atoms with E-state index in [4.69, 9.17) is 5.11 Å². The molecule has 110 valence electrons. The molecular formula is C13H14N4O4. The Balaban J connectivity index is 1.97. The Morgan fingerprint density at radius 2 is 2.00 bits per heavy atom. The SMILES string of the molecule is Cc1cccc2nc(C(=O)NCC(=O)NCC(=O)O)cn12. The van der Waals surface area contributed by atoms with Gasteiger partial charge in [-0.15, -0.1) is 0 Å². The molecule has 2 amide bonds. The van der Waals surface area contributed by atoms with Gasteiger partial charge in [-0.2, -0.15) is 0 Å². The van der Waals surface area contributed by atoms with Crippen molar-refractivity contribution in [3.05, 3.63) is 35.8 Å². The molecule has 2 heterocycles. The van der Waals surface area contributed by atoms with E-state index in [2.05, 4.69) is 15.6 Å². The molecular weight excluding hydrogens is 276 g/mol. The second kappa shape index (κ2) is 6.04. The minimum absolute atomic E-state index is 0.190. The number of nitrogens with one attached hydrogen (secondary N) is 2. The molecule has 8 nitrogen and oxygen atoms in total. The third kappa shape index (κ3) is 3.56.